The van der Waals surface area contributed by atoms with Crippen LogP contribution in [0.15, 0.2) is 84.9 Å². The average molecular weight is 464 g/mol. The molecule has 0 radical (unpaired) electrons. The van der Waals surface area contributed by atoms with Gasteiger partial charge in [-0.3, -0.25) is 19.3 Å². The van der Waals surface area contributed by atoms with Crippen molar-refractivity contribution < 1.29 is 14.4 Å². The Kier molecular flexibility index (Phi) is 4.33. The minimum atomic E-state index is -1.15. The van der Waals surface area contributed by atoms with E-state index < -0.39 is 17.4 Å². The van der Waals surface area contributed by atoms with E-state index in [1.807, 2.05) is 77.7 Å². The highest BCUT2D eigenvalue weighted by Crippen LogP contribution is 2.62. The third-order valence-corrected chi connectivity index (χ3v) is 8.34. The Morgan fingerprint density at radius 1 is 0.800 bits per heavy atom. The van der Waals surface area contributed by atoms with Crippen LogP contribution in [0.1, 0.15) is 24.0 Å². The first-order valence-electron chi connectivity index (χ1n) is 12.3. The van der Waals surface area contributed by atoms with Crippen LogP contribution in [-0.4, -0.2) is 35.2 Å². The largest absolute Gasteiger partial charge is 0.306 e. The van der Waals surface area contributed by atoms with Crippen molar-refractivity contribution in [2.24, 2.45) is 11.8 Å². The fraction of sp³-hybridized carbons (Fsp3) is 0.276. The van der Waals surface area contributed by atoms with Gasteiger partial charge in [-0.15, -0.1) is 0 Å². The van der Waals surface area contributed by atoms with Crippen LogP contribution in [0.2, 0.25) is 0 Å². The smallest absolute Gasteiger partial charge is 0.253 e. The molecule has 1 spiro atoms. The third-order valence-electron chi connectivity index (χ3n) is 8.34. The van der Waals surface area contributed by atoms with Crippen molar-refractivity contribution in [1.29, 1.82) is 0 Å². The van der Waals surface area contributed by atoms with E-state index in [9.17, 15) is 14.4 Å². The van der Waals surface area contributed by atoms with Gasteiger partial charge in [-0.25, -0.2) is 4.90 Å². The number of para-hydroxylation sites is 2. The molecule has 0 unspecified atom stereocenters. The number of hydrogen-bond acceptors (Lipinski definition) is 4. The van der Waals surface area contributed by atoms with Crippen molar-refractivity contribution in [2.45, 2.75) is 31.0 Å². The Labute approximate surface area is 203 Å². The highest BCUT2D eigenvalue weighted by atomic mass is 16.2. The van der Waals surface area contributed by atoms with Crippen LogP contribution in [-0.2, 0) is 26.5 Å². The summed E-state index contributed by atoms with van der Waals surface area (Å²) >= 11 is 0. The lowest BCUT2D eigenvalue weighted by atomic mass is 9.75. The summed E-state index contributed by atoms with van der Waals surface area (Å²) in [6, 6.07) is 26.8. The van der Waals surface area contributed by atoms with Gasteiger partial charge in [0.1, 0.15) is 5.54 Å². The topological polar surface area (TPSA) is 60.9 Å². The number of fused-ring (bicyclic) bond motifs is 7. The molecule has 3 aromatic carbocycles. The summed E-state index contributed by atoms with van der Waals surface area (Å²) in [5.41, 5.74) is 2.16. The Morgan fingerprint density at radius 3 is 2.26 bits per heavy atom. The van der Waals surface area contributed by atoms with E-state index >= 15 is 0 Å². The average Bonchev–Trinajstić information content (AvgIpc) is 3.59. The molecule has 6 nitrogen and oxygen atoms in total. The molecule has 3 amide bonds. The zero-order chi connectivity index (χ0) is 23.7. The molecular weight excluding hydrogens is 438 g/mol. The lowest BCUT2D eigenvalue weighted by molar-refractivity contribution is -0.137. The summed E-state index contributed by atoms with van der Waals surface area (Å²) in [7, 11) is 0. The Hall–Kier alpha value is -3.77. The van der Waals surface area contributed by atoms with Gasteiger partial charge in [0.25, 0.3) is 5.91 Å². The first-order valence-corrected chi connectivity index (χ1v) is 12.3. The summed E-state index contributed by atoms with van der Waals surface area (Å²) in [5, 5.41) is 0. The maximum absolute atomic E-state index is 14.6. The van der Waals surface area contributed by atoms with Gasteiger partial charge in [0.05, 0.1) is 24.1 Å². The Morgan fingerprint density at radius 2 is 1.49 bits per heavy atom. The molecule has 6 heteroatoms. The highest BCUT2D eigenvalue weighted by Gasteiger charge is 2.75. The van der Waals surface area contributed by atoms with Gasteiger partial charge in [-0.1, -0.05) is 66.7 Å². The van der Waals surface area contributed by atoms with Crippen LogP contribution in [0.5, 0.6) is 0 Å². The molecule has 7 rings (SSSR count). The molecule has 4 heterocycles. The first kappa shape index (κ1) is 20.6. The van der Waals surface area contributed by atoms with Gasteiger partial charge >= 0.3 is 0 Å². The van der Waals surface area contributed by atoms with E-state index in [0.29, 0.717) is 18.8 Å². The number of nitrogens with zero attached hydrogens (tertiary/aromatic N) is 3. The molecule has 0 saturated carbocycles. The number of carbonyl (C=O) groups excluding carboxylic acids is 3. The van der Waals surface area contributed by atoms with E-state index in [1.54, 1.807) is 12.1 Å². The minimum absolute atomic E-state index is 0.0852. The van der Waals surface area contributed by atoms with Gasteiger partial charge in [-0.2, -0.15) is 0 Å². The van der Waals surface area contributed by atoms with Gasteiger partial charge < -0.3 is 4.90 Å². The molecule has 4 aliphatic rings. The summed E-state index contributed by atoms with van der Waals surface area (Å²) in [4.78, 5) is 47.9. The van der Waals surface area contributed by atoms with Crippen molar-refractivity contribution >= 4 is 29.1 Å². The Bertz CT molecular complexity index is 1360. The summed E-state index contributed by atoms with van der Waals surface area (Å²) in [6.07, 6.45) is 1.73. The monoisotopic (exact) mass is 463 g/mol. The molecule has 3 aromatic rings. The fourth-order valence-electron chi connectivity index (χ4n) is 7.09. The lowest BCUT2D eigenvalue weighted by Crippen LogP contribution is -2.55. The molecule has 0 aliphatic carbocycles. The molecule has 0 aromatic heterocycles. The van der Waals surface area contributed by atoms with E-state index in [0.717, 1.165) is 29.7 Å². The molecule has 4 aliphatic heterocycles. The molecular formula is C29H25N3O3. The molecule has 4 atom stereocenters. The zero-order valence-electron chi connectivity index (χ0n) is 19.2. The SMILES string of the molecule is O=C1[C@@H]2[C@H]3CCCN3[C@]3(C(=O)N(Cc4ccccc4)c4ccccc43)[C@@H]2C(=O)N1c1ccccc1. The van der Waals surface area contributed by atoms with Crippen molar-refractivity contribution in [3.63, 3.8) is 0 Å². The fourth-order valence-corrected chi connectivity index (χ4v) is 7.09. The van der Waals surface area contributed by atoms with Crippen molar-refractivity contribution in [3.05, 3.63) is 96.1 Å². The molecule has 3 fully saturated rings. The maximum Gasteiger partial charge on any atom is 0.253 e. The van der Waals surface area contributed by atoms with E-state index in [2.05, 4.69) is 4.90 Å². The van der Waals surface area contributed by atoms with Crippen LogP contribution in [0.4, 0.5) is 11.4 Å². The predicted molar refractivity (Wildman–Crippen MR) is 131 cm³/mol. The summed E-state index contributed by atoms with van der Waals surface area (Å²) in [6.45, 7) is 1.14. The molecule has 174 valence electrons. The second kappa shape index (κ2) is 7.36. The van der Waals surface area contributed by atoms with Gasteiger partial charge in [0, 0.05) is 17.3 Å². The number of hydrogen-bond donors (Lipinski definition) is 0. The zero-order valence-corrected chi connectivity index (χ0v) is 19.2. The number of benzene rings is 3. The molecule has 3 saturated heterocycles. The summed E-state index contributed by atoms with van der Waals surface area (Å²) < 4.78 is 0. The van der Waals surface area contributed by atoms with Gasteiger partial charge in [-0.05, 0) is 43.1 Å². The van der Waals surface area contributed by atoms with Gasteiger partial charge in [0.15, 0.2) is 0 Å². The molecule has 0 bridgehead atoms. The Balaban J connectivity index is 1.41. The third kappa shape index (κ3) is 2.55. The van der Waals surface area contributed by atoms with Crippen LogP contribution in [0.25, 0.3) is 0 Å². The number of carbonyl (C=O) groups is 3. The maximum atomic E-state index is 14.6. The van der Waals surface area contributed by atoms with E-state index in [4.69, 9.17) is 0 Å². The first-order chi connectivity index (χ1) is 17.1. The lowest BCUT2D eigenvalue weighted by Gasteiger charge is -2.37. The van der Waals surface area contributed by atoms with Crippen molar-refractivity contribution in [2.75, 3.05) is 16.3 Å². The standard InChI is InChI=1S/C29H25N3O3/c33-26-24-23-16-9-17-31(23)29(25(24)27(34)32(26)20-12-5-2-6-13-20)21-14-7-8-15-22(21)30(28(29)35)18-19-10-3-1-4-11-19/h1-8,10-15,23-25H,9,16-18H2/t23-,24-,25+,29+/m1/s1. The number of imide groups is 1. The second-order valence-electron chi connectivity index (χ2n) is 9.91. The van der Waals surface area contributed by atoms with Crippen LogP contribution in [0, 0.1) is 11.8 Å². The predicted octanol–water partition coefficient (Wildman–Crippen LogP) is 3.71. The molecule has 0 N–H and O–H groups in total. The van der Waals surface area contributed by atoms with Crippen molar-refractivity contribution in [3.8, 4) is 0 Å². The number of amides is 3. The quantitative estimate of drug-likeness (QED) is 0.556. The highest BCUT2D eigenvalue weighted by molar-refractivity contribution is 6.26. The van der Waals surface area contributed by atoms with E-state index in [-0.39, 0.29) is 23.8 Å². The van der Waals surface area contributed by atoms with Crippen LogP contribution >= 0.6 is 0 Å². The van der Waals surface area contributed by atoms with Crippen LogP contribution in [0.3, 0.4) is 0 Å². The number of anilines is 2. The number of rotatable bonds is 3. The van der Waals surface area contributed by atoms with E-state index in [1.165, 1.54) is 4.90 Å². The van der Waals surface area contributed by atoms with Crippen molar-refractivity contribution in [1.82, 2.24) is 4.90 Å². The molecule has 35 heavy (non-hydrogen) atoms. The van der Waals surface area contributed by atoms with Crippen LogP contribution < -0.4 is 9.80 Å². The normalized spacial score (nSPS) is 29.3. The minimum Gasteiger partial charge on any atom is -0.306 e. The van der Waals surface area contributed by atoms with Gasteiger partial charge in [0.2, 0.25) is 11.8 Å². The summed E-state index contributed by atoms with van der Waals surface area (Å²) in [5.74, 6) is -1.76. The second-order valence-corrected chi connectivity index (χ2v) is 9.91.